The summed E-state index contributed by atoms with van der Waals surface area (Å²) in [4.78, 5) is 3.34. The molecule has 0 aliphatic rings. The second-order valence-electron chi connectivity index (χ2n) is 3.01. The first-order chi connectivity index (χ1) is 7.81. The molecule has 0 saturated heterocycles. The van der Waals surface area contributed by atoms with Gasteiger partial charge in [0.2, 0.25) is 5.88 Å². The Bertz CT molecular complexity index is 407. The first-order valence-electron chi connectivity index (χ1n) is 4.30. The standard InChI is InChI=1S/C9H7ClF5NO/c1-17-8-5(9(13,14)15)2-4(7(11)12)6(3-10)16-8/h2,7H,3H2,1H3. The Morgan fingerprint density at radius 3 is 2.35 bits per heavy atom. The summed E-state index contributed by atoms with van der Waals surface area (Å²) in [5, 5.41) is 0. The zero-order chi connectivity index (χ0) is 13.2. The summed E-state index contributed by atoms with van der Waals surface area (Å²) < 4.78 is 67.0. The third-order valence-corrected chi connectivity index (χ3v) is 2.21. The van der Waals surface area contributed by atoms with E-state index < -0.39 is 35.5 Å². The summed E-state index contributed by atoms with van der Waals surface area (Å²) in [5.74, 6) is -1.19. The van der Waals surface area contributed by atoms with Crippen LogP contribution in [0.25, 0.3) is 0 Å². The summed E-state index contributed by atoms with van der Waals surface area (Å²) in [5.41, 5.74) is -2.51. The molecule has 0 amide bonds. The average molecular weight is 276 g/mol. The molecule has 0 saturated carbocycles. The van der Waals surface area contributed by atoms with Crippen molar-refractivity contribution >= 4 is 11.6 Å². The number of ether oxygens (including phenoxy) is 1. The van der Waals surface area contributed by atoms with Crippen LogP contribution in [0, 0.1) is 0 Å². The zero-order valence-electron chi connectivity index (χ0n) is 8.49. The van der Waals surface area contributed by atoms with Gasteiger partial charge in [-0.2, -0.15) is 13.2 Å². The molecule has 96 valence electrons. The number of methoxy groups -OCH3 is 1. The molecule has 0 N–H and O–H groups in total. The number of alkyl halides is 6. The van der Waals surface area contributed by atoms with Gasteiger partial charge in [-0.1, -0.05) is 0 Å². The minimum atomic E-state index is -4.81. The fourth-order valence-electron chi connectivity index (χ4n) is 1.20. The van der Waals surface area contributed by atoms with Crippen molar-refractivity contribution < 1.29 is 26.7 Å². The summed E-state index contributed by atoms with van der Waals surface area (Å²) in [6.45, 7) is 0. The Kier molecular flexibility index (Phi) is 4.13. The van der Waals surface area contributed by atoms with Crippen molar-refractivity contribution in [1.82, 2.24) is 4.98 Å². The molecule has 0 bridgehead atoms. The van der Waals surface area contributed by atoms with Crippen molar-refractivity contribution in [3.8, 4) is 5.88 Å². The maximum Gasteiger partial charge on any atom is 0.421 e. The Morgan fingerprint density at radius 2 is 2.00 bits per heavy atom. The highest BCUT2D eigenvalue weighted by Gasteiger charge is 2.37. The van der Waals surface area contributed by atoms with Gasteiger partial charge in [0.15, 0.2) is 0 Å². The van der Waals surface area contributed by atoms with Crippen LogP contribution in [0.2, 0.25) is 0 Å². The van der Waals surface area contributed by atoms with E-state index in [0.717, 1.165) is 7.11 Å². The third kappa shape index (κ3) is 2.96. The van der Waals surface area contributed by atoms with Crippen LogP contribution < -0.4 is 4.74 Å². The number of pyridine rings is 1. The number of aromatic nitrogens is 1. The van der Waals surface area contributed by atoms with Gasteiger partial charge in [-0.25, -0.2) is 13.8 Å². The van der Waals surface area contributed by atoms with Gasteiger partial charge < -0.3 is 4.74 Å². The molecule has 0 unspecified atom stereocenters. The van der Waals surface area contributed by atoms with Gasteiger partial charge >= 0.3 is 6.18 Å². The van der Waals surface area contributed by atoms with Crippen molar-refractivity contribution in [2.75, 3.05) is 7.11 Å². The number of hydrogen-bond acceptors (Lipinski definition) is 2. The molecule has 0 aliphatic carbocycles. The smallest absolute Gasteiger partial charge is 0.421 e. The minimum Gasteiger partial charge on any atom is -0.481 e. The summed E-state index contributed by atoms with van der Waals surface area (Å²) in [6.07, 6.45) is -7.89. The van der Waals surface area contributed by atoms with Crippen molar-refractivity contribution in [2.45, 2.75) is 18.5 Å². The first kappa shape index (κ1) is 14.0. The van der Waals surface area contributed by atoms with Crippen LogP contribution in [0.15, 0.2) is 6.07 Å². The number of nitrogens with zero attached hydrogens (tertiary/aromatic N) is 1. The largest absolute Gasteiger partial charge is 0.481 e. The Balaban J connectivity index is 3.45. The SMILES string of the molecule is COc1nc(CCl)c(C(F)F)cc1C(F)(F)F. The predicted octanol–water partition coefficient (Wildman–Crippen LogP) is 3.79. The summed E-state index contributed by atoms with van der Waals surface area (Å²) >= 11 is 5.34. The van der Waals surface area contributed by atoms with Crippen molar-refractivity contribution in [3.05, 3.63) is 22.9 Å². The first-order valence-corrected chi connectivity index (χ1v) is 4.83. The van der Waals surface area contributed by atoms with Gasteiger partial charge in [0, 0.05) is 5.56 Å². The highest BCUT2D eigenvalue weighted by molar-refractivity contribution is 6.17. The normalized spacial score (nSPS) is 12.0. The van der Waals surface area contributed by atoms with Gasteiger partial charge in [0.05, 0.1) is 18.7 Å². The second-order valence-corrected chi connectivity index (χ2v) is 3.28. The predicted molar refractivity (Wildman–Crippen MR) is 50.3 cm³/mol. The van der Waals surface area contributed by atoms with Gasteiger partial charge in [-0.15, -0.1) is 11.6 Å². The van der Waals surface area contributed by atoms with Gasteiger partial charge in [0.1, 0.15) is 5.56 Å². The Hall–Kier alpha value is -1.11. The van der Waals surface area contributed by atoms with E-state index in [9.17, 15) is 22.0 Å². The van der Waals surface area contributed by atoms with Crippen LogP contribution in [0.3, 0.4) is 0 Å². The lowest BCUT2D eigenvalue weighted by Gasteiger charge is -2.14. The molecule has 0 radical (unpaired) electrons. The molecule has 0 aliphatic heterocycles. The van der Waals surface area contributed by atoms with E-state index in [2.05, 4.69) is 9.72 Å². The van der Waals surface area contributed by atoms with E-state index in [-0.39, 0.29) is 5.69 Å². The van der Waals surface area contributed by atoms with Crippen LogP contribution in [-0.4, -0.2) is 12.1 Å². The zero-order valence-corrected chi connectivity index (χ0v) is 9.24. The third-order valence-electron chi connectivity index (χ3n) is 1.96. The van der Waals surface area contributed by atoms with Crippen LogP contribution >= 0.6 is 11.6 Å². The summed E-state index contributed by atoms with van der Waals surface area (Å²) in [7, 11) is 0.970. The lowest BCUT2D eigenvalue weighted by molar-refractivity contribution is -0.139. The van der Waals surface area contributed by atoms with Crippen LogP contribution in [-0.2, 0) is 12.1 Å². The highest BCUT2D eigenvalue weighted by Crippen LogP contribution is 2.38. The van der Waals surface area contributed by atoms with Crippen LogP contribution in [0.4, 0.5) is 22.0 Å². The molecular weight excluding hydrogens is 269 g/mol. The monoisotopic (exact) mass is 275 g/mol. The molecular formula is C9H7ClF5NO. The summed E-state index contributed by atoms with van der Waals surface area (Å²) in [6, 6.07) is 0.314. The highest BCUT2D eigenvalue weighted by atomic mass is 35.5. The molecule has 0 spiro atoms. The van der Waals surface area contributed by atoms with Crippen LogP contribution in [0.5, 0.6) is 5.88 Å². The van der Waals surface area contributed by atoms with E-state index in [1.54, 1.807) is 0 Å². The molecule has 1 aromatic rings. The van der Waals surface area contributed by atoms with E-state index in [1.165, 1.54) is 0 Å². The molecule has 0 aromatic carbocycles. The molecule has 1 heterocycles. The molecule has 2 nitrogen and oxygen atoms in total. The van der Waals surface area contributed by atoms with E-state index >= 15 is 0 Å². The topological polar surface area (TPSA) is 22.1 Å². The van der Waals surface area contributed by atoms with E-state index in [0.29, 0.717) is 6.07 Å². The van der Waals surface area contributed by atoms with Gasteiger partial charge in [0.25, 0.3) is 6.43 Å². The molecule has 1 rings (SSSR count). The molecule has 8 heteroatoms. The van der Waals surface area contributed by atoms with Gasteiger partial charge in [-0.3, -0.25) is 0 Å². The molecule has 17 heavy (non-hydrogen) atoms. The molecule has 0 fully saturated rings. The number of rotatable bonds is 3. The van der Waals surface area contributed by atoms with Crippen molar-refractivity contribution in [2.24, 2.45) is 0 Å². The maximum atomic E-state index is 12.5. The van der Waals surface area contributed by atoms with E-state index in [1.807, 2.05) is 0 Å². The van der Waals surface area contributed by atoms with Crippen LogP contribution in [0.1, 0.15) is 23.2 Å². The Morgan fingerprint density at radius 1 is 1.41 bits per heavy atom. The fourth-order valence-corrected chi connectivity index (χ4v) is 1.42. The molecule has 0 atom stereocenters. The van der Waals surface area contributed by atoms with Crippen molar-refractivity contribution in [1.29, 1.82) is 0 Å². The van der Waals surface area contributed by atoms with Gasteiger partial charge in [-0.05, 0) is 6.07 Å². The number of halogens is 6. The van der Waals surface area contributed by atoms with E-state index in [4.69, 9.17) is 11.6 Å². The maximum absolute atomic E-state index is 12.5. The fraction of sp³-hybridized carbons (Fsp3) is 0.444. The lowest BCUT2D eigenvalue weighted by atomic mass is 10.1. The average Bonchev–Trinajstić information content (AvgIpc) is 2.25. The molecule has 1 aromatic heterocycles. The quantitative estimate of drug-likeness (QED) is 0.618. The van der Waals surface area contributed by atoms with Crippen molar-refractivity contribution in [3.63, 3.8) is 0 Å². The Labute approximate surface area is 98.4 Å². The minimum absolute atomic E-state index is 0.314. The second kappa shape index (κ2) is 5.03. The lowest BCUT2D eigenvalue weighted by Crippen LogP contribution is -2.12. The number of hydrogen-bond donors (Lipinski definition) is 0.